The normalized spacial score (nSPS) is 19.6. The Labute approximate surface area is 263 Å². The molecule has 3 atom stereocenters. The zero-order valence-electron chi connectivity index (χ0n) is 25.1. The molecule has 2 fully saturated rings. The fourth-order valence-electron chi connectivity index (χ4n) is 5.58. The Morgan fingerprint density at radius 3 is 1.98 bits per heavy atom. The SMILES string of the molecule is CS(=O)(=O)c1ccc(-c2ccc(C(=O)N[C@@H](CCN[C@@H]3C[C@H]3c3ccc(F)cc3)C(=O)N3CCN(S(C)(=O)=O)CC3)cc2)cc1. The van der Waals surface area contributed by atoms with Crippen LogP contribution in [0.4, 0.5) is 4.39 Å². The van der Waals surface area contributed by atoms with E-state index in [-0.39, 0.29) is 54.8 Å². The molecular weight excluding hydrogens is 620 g/mol. The number of sulfonamides is 1. The predicted molar refractivity (Wildman–Crippen MR) is 169 cm³/mol. The number of nitrogens with one attached hydrogen (secondary N) is 2. The molecule has 0 bridgehead atoms. The van der Waals surface area contributed by atoms with Crippen molar-refractivity contribution in [3.63, 3.8) is 0 Å². The summed E-state index contributed by atoms with van der Waals surface area (Å²) in [4.78, 5) is 28.7. The average molecular weight is 657 g/mol. The number of amides is 2. The van der Waals surface area contributed by atoms with E-state index in [1.165, 1.54) is 28.6 Å². The van der Waals surface area contributed by atoms with Crippen molar-refractivity contribution in [1.29, 1.82) is 0 Å². The van der Waals surface area contributed by atoms with E-state index in [2.05, 4.69) is 10.6 Å². The molecule has 1 saturated heterocycles. The van der Waals surface area contributed by atoms with Crippen LogP contribution in [0.5, 0.6) is 0 Å². The Hall–Kier alpha value is -3.65. The summed E-state index contributed by atoms with van der Waals surface area (Å²) < 4.78 is 62.0. The number of carbonyl (C=O) groups excluding carboxylic acids is 2. The molecule has 0 spiro atoms. The van der Waals surface area contributed by atoms with E-state index in [4.69, 9.17) is 0 Å². The van der Waals surface area contributed by atoms with Crippen molar-refractivity contribution in [3.05, 3.63) is 89.7 Å². The van der Waals surface area contributed by atoms with E-state index >= 15 is 0 Å². The van der Waals surface area contributed by atoms with Gasteiger partial charge in [-0.3, -0.25) is 9.59 Å². The first-order valence-corrected chi connectivity index (χ1v) is 18.5. The molecule has 0 aromatic heterocycles. The van der Waals surface area contributed by atoms with E-state index in [9.17, 15) is 30.8 Å². The quantitative estimate of drug-likeness (QED) is 0.324. The number of rotatable bonds is 11. The lowest BCUT2D eigenvalue weighted by molar-refractivity contribution is -0.134. The molecule has 0 unspecified atom stereocenters. The molecule has 3 aromatic rings. The molecule has 0 radical (unpaired) electrons. The molecule has 1 heterocycles. The summed E-state index contributed by atoms with van der Waals surface area (Å²) in [7, 11) is -6.67. The zero-order chi connectivity index (χ0) is 32.4. The van der Waals surface area contributed by atoms with Gasteiger partial charge in [0, 0.05) is 50.0 Å². The second-order valence-corrected chi connectivity index (χ2v) is 15.6. The largest absolute Gasteiger partial charge is 0.340 e. The number of nitrogens with zero attached hydrogens (tertiary/aromatic N) is 2. The lowest BCUT2D eigenvalue weighted by Gasteiger charge is -2.35. The van der Waals surface area contributed by atoms with Gasteiger partial charge >= 0.3 is 0 Å². The number of hydrogen-bond acceptors (Lipinski definition) is 7. The highest BCUT2D eigenvalue weighted by Crippen LogP contribution is 2.40. The Morgan fingerprint density at radius 1 is 0.844 bits per heavy atom. The molecule has 240 valence electrons. The van der Waals surface area contributed by atoms with E-state index in [0.717, 1.165) is 35.6 Å². The van der Waals surface area contributed by atoms with Gasteiger partial charge in [0.2, 0.25) is 15.9 Å². The minimum atomic E-state index is -3.36. The van der Waals surface area contributed by atoms with Crippen LogP contribution < -0.4 is 10.6 Å². The van der Waals surface area contributed by atoms with Gasteiger partial charge < -0.3 is 15.5 Å². The Morgan fingerprint density at radius 2 is 1.42 bits per heavy atom. The first-order chi connectivity index (χ1) is 21.3. The molecule has 13 heteroatoms. The number of piperazine rings is 1. The zero-order valence-corrected chi connectivity index (χ0v) is 26.8. The topological polar surface area (TPSA) is 133 Å². The Bertz CT molecular complexity index is 1740. The third kappa shape index (κ3) is 8.34. The highest BCUT2D eigenvalue weighted by molar-refractivity contribution is 7.90. The lowest BCUT2D eigenvalue weighted by Crippen LogP contribution is -2.56. The highest BCUT2D eigenvalue weighted by atomic mass is 32.2. The smallest absolute Gasteiger partial charge is 0.251 e. The van der Waals surface area contributed by atoms with Gasteiger partial charge in [-0.15, -0.1) is 0 Å². The highest BCUT2D eigenvalue weighted by Gasteiger charge is 2.38. The second-order valence-electron chi connectivity index (χ2n) is 11.6. The standard InChI is InChI=1S/C32H37FN4O6S2/c1-44(40,41)27-13-9-23(10-14-27)22-3-5-25(6-4-22)31(38)35-29(32(39)36-17-19-37(20-18-36)45(2,42)43)15-16-34-30-21-28(30)24-7-11-26(33)12-8-24/h3-14,28-30,34H,15-21H2,1-2H3,(H,35,38)/t28-,29-,30+/m0/s1. The number of sulfone groups is 1. The third-order valence-electron chi connectivity index (χ3n) is 8.31. The third-order valence-corrected chi connectivity index (χ3v) is 10.7. The van der Waals surface area contributed by atoms with Crippen LogP contribution in [0.25, 0.3) is 11.1 Å². The van der Waals surface area contributed by atoms with Gasteiger partial charge in [0.15, 0.2) is 9.84 Å². The van der Waals surface area contributed by atoms with Gasteiger partial charge in [-0.25, -0.2) is 21.2 Å². The summed E-state index contributed by atoms with van der Waals surface area (Å²) in [6.07, 6.45) is 3.52. The van der Waals surface area contributed by atoms with Crippen LogP contribution in [0.15, 0.2) is 77.7 Å². The van der Waals surface area contributed by atoms with Crippen LogP contribution in [-0.4, -0.2) is 95.2 Å². The molecule has 45 heavy (non-hydrogen) atoms. The fraction of sp³-hybridized carbons (Fsp3) is 0.375. The van der Waals surface area contributed by atoms with Crippen LogP contribution in [0.2, 0.25) is 0 Å². The van der Waals surface area contributed by atoms with Crippen molar-refractivity contribution in [2.24, 2.45) is 0 Å². The molecule has 1 aliphatic heterocycles. The van der Waals surface area contributed by atoms with Crippen LogP contribution in [0.3, 0.4) is 0 Å². The van der Waals surface area contributed by atoms with E-state index in [0.29, 0.717) is 18.5 Å². The molecule has 2 N–H and O–H groups in total. The number of hydrogen-bond donors (Lipinski definition) is 2. The summed E-state index contributed by atoms with van der Waals surface area (Å²) in [6.45, 7) is 1.31. The summed E-state index contributed by atoms with van der Waals surface area (Å²) in [5.74, 6) is -0.708. The number of halogens is 1. The molecule has 3 aromatic carbocycles. The van der Waals surface area contributed by atoms with Crippen molar-refractivity contribution in [2.75, 3.05) is 45.2 Å². The van der Waals surface area contributed by atoms with Gasteiger partial charge in [-0.05, 0) is 72.5 Å². The van der Waals surface area contributed by atoms with Crippen LogP contribution in [0, 0.1) is 5.82 Å². The first kappa shape index (κ1) is 32.7. The molecule has 1 saturated carbocycles. The van der Waals surface area contributed by atoms with Crippen molar-refractivity contribution in [3.8, 4) is 11.1 Å². The Kier molecular flexibility index (Phi) is 9.73. The average Bonchev–Trinajstić information content (AvgIpc) is 3.79. The van der Waals surface area contributed by atoms with Crippen molar-refractivity contribution >= 4 is 31.7 Å². The molecule has 2 aliphatic rings. The maximum atomic E-state index is 13.6. The van der Waals surface area contributed by atoms with Crippen molar-refractivity contribution in [1.82, 2.24) is 19.8 Å². The summed E-state index contributed by atoms with van der Waals surface area (Å²) >= 11 is 0. The number of carbonyl (C=O) groups is 2. The summed E-state index contributed by atoms with van der Waals surface area (Å²) in [5, 5.41) is 6.33. The summed E-state index contributed by atoms with van der Waals surface area (Å²) in [5.41, 5.74) is 3.00. The van der Waals surface area contributed by atoms with Crippen molar-refractivity contribution in [2.45, 2.75) is 35.7 Å². The molecule has 10 nitrogen and oxygen atoms in total. The Balaban J connectivity index is 1.23. The molecular formula is C32H37FN4O6S2. The van der Waals surface area contributed by atoms with Crippen LogP contribution >= 0.6 is 0 Å². The van der Waals surface area contributed by atoms with Gasteiger partial charge in [0.25, 0.3) is 5.91 Å². The van der Waals surface area contributed by atoms with E-state index in [1.54, 1.807) is 53.4 Å². The van der Waals surface area contributed by atoms with E-state index in [1.807, 2.05) is 0 Å². The van der Waals surface area contributed by atoms with Gasteiger partial charge in [-0.1, -0.05) is 36.4 Å². The molecule has 5 rings (SSSR count). The first-order valence-electron chi connectivity index (χ1n) is 14.7. The monoisotopic (exact) mass is 656 g/mol. The molecule has 1 aliphatic carbocycles. The predicted octanol–water partition coefficient (Wildman–Crippen LogP) is 2.63. The molecule has 2 amide bonds. The van der Waals surface area contributed by atoms with Gasteiger partial charge in [0.1, 0.15) is 11.9 Å². The summed E-state index contributed by atoms with van der Waals surface area (Å²) in [6, 6.07) is 19.1. The fourth-order valence-corrected chi connectivity index (χ4v) is 7.04. The minimum Gasteiger partial charge on any atom is -0.340 e. The van der Waals surface area contributed by atoms with Crippen LogP contribution in [-0.2, 0) is 24.7 Å². The van der Waals surface area contributed by atoms with Gasteiger partial charge in [0.05, 0.1) is 11.2 Å². The van der Waals surface area contributed by atoms with Crippen LogP contribution in [0.1, 0.15) is 34.7 Å². The van der Waals surface area contributed by atoms with Gasteiger partial charge in [-0.2, -0.15) is 4.31 Å². The lowest BCUT2D eigenvalue weighted by atomic mass is 10.0. The van der Waals surface area contributed by atoms with Crippen molar-refractivity contribution < 1.29 is 30.8 Å². The van der Waals surface area contributed by atoms with E-state index < -0.39 is 31.8 Å². The second kappa shape index (κ2) is 13.4. The maximum Gasteiger partial charge on any atom is 0.251 e. The minimum absolute atomic E-state index is 0.192. The number of benzene rings is 3. The maximum absolute atomic E-state index is 13.6.